The van der Waals surface area contributed by atoms with Gasteiger partial charge in [0.1, 0.15) is 0 Å². The van der Waals surface area contributed by atoms with Crippen molar-refractivity contribution in [3.63, 3.8) is 0 Å². The monoisotopic (exact) mass is 140 g/mol. The van der Waals surface area contributed by atoms with E-state index in [1.807, 2.05) is 0 Å². The Morgan fingerprint density at radius 1 is 1.10 bits per heavy atom. The SMILES string of the molecule is C1CCC(N2CCC2)NC1. The Bertz CT molecular complexity index is 104. The Labute approximate surface area is 62.6 Å². The van der Waals surface area contributed by atoms with Crippen LogP contribution in [0, 0.1) is 0 Å². The highest BCUT2D eigenvalue weighted by atomic mass is 15.3. The van der Waals surface area contributed by atoms with Gasteiger partial charge in [0.15, 0.2) is 0 Å². The van der Waals surface area contributed by atoms with Crippen molar-refractivity contribution < 1.29 is 0 Å². The van der Waals surface area contributed by atoms with E-state index in [9.17, 15) is 0 Å². The molecule has 0 saturated carbocycles. The van der Waals surface area contributed by atoms with Gasteiger partial charge in [-0.15, -0.1) is 0 Å². The first-order chi connectivity index (χ1) is 4.97. The Balaban J connectivity index is 1.78. The molecule has 1 N–H and O–H groups in total. The highest BCUT2D eigenvalue weighted by molar-refractivity contribution is 4.79. The van der Waals surface area contributed by atoms with E-state index in [0.717, 1.165) is 6.17 Å². The smallest absolute Gasteiger partial charge is 0.0597 e. The largest absolute Gasteiger partial charge is 0.302 e. The maximum Gasteiger partial charge on any atom is 0.0597 e. The summed E-state index contributed by atoms with van der Waals surface area (Å²) < 4.78 is 0. The van der Waals surface area contributed by atoms with Gasteiger partial charge in [-0.2, -0.15) is 0 Å². The van der Waals surface area contributed by atoms with Crippen LogP contribution in [0.3, 0.4) is 0 Å². The summed E-state index contributed by atoms with van der Waals surface area (Å²) >= 11 is 0. The molecule has 2 heteroatoms. The third-order valence-electron chi connectivity index (χ3n) is 2.62. The second kappa shape index (κ2) is 2.89. The molecule has 0 aromatic heterocycles. The fourth-order valence-electron chi connectivity index (χ4n) is 1.80. The van der Waals surface area contributed by atoms with Gasteiger partial charge in [-0.05, 0) is 32.2 Å². The molecule has 2 heterocycles. The molecule has 10 heavy (non-hydrogen) atoms. The molecular formula is C8H16N2. The molecule has 2 nitrogen and oxygen atoms in total. The number of likely N-dealkylation sites (tertiary alicyclic amines) is 1. The van der Waals surface area contributed by atoms with E-state index in [2.05, 4.69) is 10.2 Å². The van der Waals surface area contributed by atoms with Crippen LogP contribution in [0.4, 0.5) is 0 Å². The van der Waals surface area contributed by atoms with Gasteiger partial charge in [0, 0.05) is 13.1 Å². The highest BCUT2D eigenvalue weighted by Crippen LogP contribution is 2.16. The van der Waals surface area contributed by atoms with E-state index in [4.69, 9.17) is 0 Å². The van der Waals surface area contributed by atoms with Crippen molar-refractivity contribution in [2.24, 2.45) is 0 Å². The summed E-state index contributed by atoms with van der Waals surface area (Å²) in [5, 5.41) is 3.55. The van der Waals surface area contributed by atoms with Crippen LogP contribution >= 0.6 is 0 Å². The standard InChI is InChI=1S/C8H16N2/c1-2-5-9-8(4-1)10-6-3-7-10/h8-9H,1-7H2. The Morgan fingerprint density at radius 2 is 2.00 bits per heavy atom. The van der Waals surface area contributed by atoms with Crippen molar-refractivity contribution in [1.29, 1.82) is 0 Å². The first kappa shape index (κ1) is 6.62. The van der Waals surface area contributed by atoms with E-state index in [0.29, 0.717) is 0 Å². The van der Waals surface area contributed by atoms with E-state index >= 15 is 0 Å². The Hall–Kier alpha value is -0.0800. The molecule has 0 aromatic carbocycles. The Kier molecular flexibility index (Phi) is 1.91. The molecule has 0 radical (unpaired) electrons. The summed E-state index contributed by atoms with van der Waals surface area (Å²) in [5.74, 6) is 0. The van der Waals surface area contributed by atoms with E-state index in [1.54, 1.807) is 0 Å². The number of hydrogen-bond acceptors (Lipinski definition) is 2. The number of nitrogens with zero attached hydrogens (tertiary/aromatic N) is 1. The zero-order chi connectivity index (χ0) is 6.81. The molecule has 0 aliphatic carbocycles. The predicted molar refractivity (Wildman–Crippen MR) is 41.8 cm³/mol. The van der Waals surface area contributed by atoms with Crippen LogP contribution in [0.25, 0.3) is 0 Å². The quantitative estimate of drug-likeness (QED) is 0.579. The molecule has 0 amide bonds. The maximum absolute atomic E-state index is 3.55. The number of piperidine rings is 1. The molecule has 0 aromatic rings. The zero-order valence-electron chi connectivity index (χ0n) is 6.47. The van der Waals surface area contributed by atoms with Gasteiger partial charge in [0.05, 0.1) is 6.17 Å². The number of nitrogens with one attached hydrogen (secondary N) is 1. The van der Waals surface area contributed by atoms with Crippen molar-refractivity contribution in [1.82, 2.24) is 10.2 Å². The van der Waals surface area contributed by atoms with Crippen molar-refractivity contribution in [3.8, 4) is 0 Å². The summed E-state index contributed by atoms with van der Waals surface area (Å²) in [4.78, 5) is 2.55. The molecule has 2 aliphatic rings. The fourth-order valence-corrected chi connectivity index (χ4v) is 1.80. The normalized spacial score (nSPS) is 35.4. The molecule has 2 fully saturated rings. The summed E-state index contributed by atoms with van der Waals surface area (Å²) in [6, 6.07) is 0. The molecule has 0 spiro atoms. The fraction of sp³-hybridized carbons (Fsp3) is 1.00. The molecule has 2 rings (SSSR count). The predicted octanol–water partition coefficient (Wildman–Crippen LogP) is 0.792. The van der Waals surface area contributed by atoms with Crippen molar-refractivity contribution in [3.05, 3.63) is 0 Å². The zero-order valence-corrected chi connectivity index (χ0v) is 6.47. The third kappa shape index (κ3) is 1.18. The van der Waals surface area contributed by atoms with Gasteiger partial charge in [-0.25, -0.2) is 0 Å². The molecule has 2 aliphatic heterocycles. The van der Waals surface area contributed by atoms with Gasteiger partial charge in [-0.1, -0.05) is 0 Å². The van der Waals surface area contributed by atoms with Crippen LogP contribution < -0.4 is 5.32 Å². The lowest BCUT2D eigenvalue weighted by molar-refractivity contribution is 0.0765. The molecule has 0 bridgehead atoms. The highest BCUT2D eigenvalue weighted by Gasteiger charge is 2.24. The second-order valence-corrected chi connectivity index (χ2v) is 3.36. The van der Waals surface area contributed by atoms with Crippen LogP contribution in [-0.2, 0) is 0 Å². The first-order valence-electron chi connectivity index (χ1n) is 4.44. The summed E-state index contributed by atoms with van der Waals surface area (Å²) in [6.07, 6.45) is 6.33. The maximum atomic E-state index is 3.55. The van der Waals surface area contributed by atoms with Crippen LogP contribution in [-0.4, -0.2) is 30.7 Å². The second-order valence-electron chi connectivity index (χ2n) is 3.36. The lowest BCUT2D eigenvalue weighted by atomic mass is 10.1. The molecule has 58 valence electrons. The van der Waals surface area contributed by atoms with Gasteiger partial charge in [-0.3, -0.25) is 4.90 Å². The summed E-state index contributed by atoms with van der Waals surface area (Å²) in [6.45, 7) is 3.90. The van der Waals surface area contributed by atoms with Gasteiger partial charge < -0.3 is 5.32 Å². The van der Waals surface area contributed by atoms with E-state index in [1.165, 1.54) is 45.3 Å². The average molecular weight is 140 g/mol. The van der Waals surface area contributed by atoms with Crippen molar-refractivity contribution >= 4 is 0 Å². The lowest BCUT2D eigenvalue weighted by Gasteiger charge is -2.40. The summed E-state index contributed by atoms with van der Waals surface area (Å²) in [7, 11) is 0. The number of rotatable bonds is 1. The van der Waals surface area contributed by atoms with Crippen LogP contribution in [0.5, 0.6) is 0 Å². The first-order valence-corrected chi connectivity index (χ1v) is 4.44. The lowest BCUT2D eigenvalue weighted by Crippen LogP contribution is -2.53. The minimum absolute atomic E-state index is 0.738. The van der Waals surface area contributed by atoms with Crippen LogP contribution in [0.15, 0.2) is 0 Å². The molecule has 2 saturated heterocycles. The van der Waals surface area contributed by atoms with Crippen molar-refractivity contribution in [2.75, 3.05) is 19.6 Å². The number of hydrogen-bond donors (Lipinski definition) is 1. The van der Waals surface area contributed by atoms with Crippen LogP contribution in [0.2, 0.25) is 0 Å². The summed E-state index contributed by atoms with van der Waals surface area (Å²) in [5.41, 5.74) is 0. The molecule has 1 atom stereocenters. The average Bonchev–Trinajstić information content (AvgIpc) is 1.86. The van der Waals surface area contributed by atoms with Crippen LogP contribution in [0.1, 0.15) is 25.7 Å². The van der Waals surface area contributed by atoms with Gasteiger partial charge in [0.2, 0.25) is 0 Å². The third-order valence-corrected chi connectivity index (χ3v) is 2.62. The van der Waals surface area contributed by atoms with E-state index < -0.39 is 0 Å². The molecular weight excluding hydrogens is 124 g/mol. The van der Waals surface area contributed by atoms with Gasteiger partial charge >= 0.3 is 0 Å². The minimum Gasteiger partial charge on any atom is -0.302 e. The van der Waals surface area contributed by atoms with Gasteiger partial charge in [0.25, 0.3) is 0 Å². The van der Waals surface area contributed by atoms with E-state index in [-0.39, 0.29) is 0 Å². The topological polar surface area (TPSA) is 15.3 Å². The minimum atomic E-state index is 0.738. The van der Waals surface area contributed by atoms with Crippen molar-refractivity contribution in [2.45, 2.75) is 31.8 Å². The molecule has 1 unspecified atom stereocenters. The Morgan fingerprint density at radius 3 is 2.50 bits per heavy atom.